The van der Waals surface area contributed by atoms with Crippen molar-refractivity contribution in [3.8, 4) is 5.82 Å². The molecule has 3 rings (SSSR count). The first-order valence-electron chi connectivity index (χ1n) is 6.07. The number of carbonyl (C=O) groups is 1. The van der Waals surface area contributed by atoms with E-state index in [4.69, 9.17) is 0 Å². The van der Waals surface area contributed by atoms with Gasteiger partial charge in [0.15, 0.2) is 5.78 Å². The number of carbonyl (C=O) groups excluding carboxylic acids is 1. The third kappa shape index (κ3) is 1.83. The number of ketones is 1. The summed E-state index contributed by atoms with van der Waals surface area (Å²) in [6.07, 6.45) is 6.73. The molecule has 0 radical (unpaired) electrons. The van der Waals surface area contributed by atoms with E-state index in [1.807, 2.05) is 22.9 Å². The average Bonchev–Trinajstić information content (AvgIpc) is 2.79. The van der Waals surface area contributed by atoms with E-state index in [9.17, 15) is 4.79 Å². The lowest BCUT2D eigenvalue weighted by Crippen LogP contribution is -2.28. The molecule has 0 bridgehead atoms. The van der Waals surface area contributed by atoms with Gasteiger partial charge in [-0.1, -0.05) is 13.8 Å². The Morgan fingerprint density at radius 2 is 2.11 bits per heavy atom. The van der Waals surface area contributed by atoms with E-state index < -0.39 is 0 Å². The summed E-state index contributed by atoms with van der Waals surface area (Å²) >= 11 is 0. The van der Waals surface area contributed by atoms with Crippen molar-refractivity contribution in [3.63, 3.8) is 0 Å². The number of pyridine rings is 1. The van der Waals surface area contributed by atoms with Crippen LogP contribution in [0.3, 0.4) is 0 Å². The van der Waals surface area contributed by atoms with Crippen LogP contribution in [0.4, 0.5) is 0 Å². The van der Waals surface area contributed by atoms with Crippen molar-refractivity contribution in [1.82, 2.24) is 14.5 Å². The second-order valence-corrected chi connectivity index (χ2v) is 5.57. The highest BCUT2D eigenvalue weighted by atomic mass is 16.1. The number of nitrogens with zero attached hydrogens (tertiary/aromatic N) is 3. The van der Waals surface area contributed by atoms with Crippen molar-refractivity contribution in [3.05, 3.63) is 42.1 Å². The number of hydrogen-bond donors (Lipinski definition) is 0. The minimum absolute atomic E-state index is 0.00461. The molecule has 0 N–H and O–H groups in total. The van der Waals surface area contributed by atoms with Crippen molar-refractivity contribution in [2.45, 2.75) is 26.7 Å². The fraction of sp³-hybridized carbons (Fsp3) is 0.357. The van der Waals surface area contributed by atoms with E-state index in [-0.39, 0.29) is 11.2 Å². The van der Waals surface area contributed by atoms with Gasteiger partial charge in [0.25, 0.3) is 0 Å². The van der Waals surface area contributed by atoms with Crippen LogP contribution in [0.15, 0.2) is 30.9 Å². The van der Waals surface area contributed by atoms with Crippen molar-refractivity contribution in [2.75, 3.05) is 0 Å². The van der Waals surface area contributed by atoms with Crippen molar-refractivity contribution < 1.29 is 4.79 Å². The van der Waals surface area contributed by atoms with Crippen LogP contribution < -0.4 is 0 Å². The van der Waals surface area contributed by atoms with Gasteiger partial charge in [-0.15, -0.1) is 0 Å². The largest absolute Gasteiger partial charge is 0.294 e. The van der Waals surface area contributed by atoms with Crippen LogP contribution in [0.1, 0.15) is 36.3 Å². The highest BCUT2D eigenvalue weighted by molar-refractivity contribution is 5.98. The van der Waals surface area contributed by atoms with Gasteiger partial charge in [0.1, 0.15) is 12.1 Å². The molecule has 2 aromatic heterocycles. The van der Waals surface area contributed by atoms with Crippen molar-refractivity contribution >= 4 is 5.78 Å². The van der Waals surface area contributed by atoms with Gasteiger partial charge in [-0.2, -0.15) is 0 Å². The first-order chi connectivity index (χ1) is 8.55. The number of imidazole rings is 1. The molecule has 1 aliphatic rings. The Morgan fingerprint density at radius 1 is 1.28 bits per heavy atom. The number of rotatable bonds is 1. The van der Waals surface area contributed by atoms with Gasteiger partial charge in [0.2, 0.25) is 0 Å². The predicted octanol–water partition coefficient (Wildman–Crippen LogP) is 2.42. The zero-order valence-corrected chi connectivity index (χ0v) is 10.6. The number of aromatic nitrogens is 3. The molecule has 0 fully saturated rings. The predicted molar refractivity (Wildman–Crippen MR) is 67.8 cm³/mol. The Hall–Kier alpha value is -1.97. The van der Waals surface area contributed by atoms with E-state index in [1.165, 1.54) is 0 Å². The lowest BCUT2D eigenvalue weighted by Gasteiger charge is -2.29. The zero-order valence-electron chi connectivity index (χ0n) is 10.6. The van der Waals surface area contributed by atoms with E-state index in [0.717, 1.165) is 23.5 Å². The van der Waals surface area contributed by atoms with Crippen molar-refractivity contribution in [1.29, 1.82) is 0 Å². The average molecular weight is 241 g/mol. The maximum Gasteiger partial charge on any atom is 0.165 e. The summed E-state index contributed by atoms with van der Waals surface area (Å²) in [6, 6.07) is 3.76. The maximum absolute atomic E-state index is 12.0. The molecule has 0 unspecified atom stereocenters. The molecule has 4 heteroatoms. The second kappa shape index (κ2) is 3.77. The molecule has 0 aromatic carbocycles. The summed E-state index contributed by atoms with van der Waals surface area (Å²) in [4.78, 5) is 20.7. The van der Waals surface area contributed by atoms with Gasteiger partial charge >= 0.3 is 0 Å². The zero-order chi connectivity index (χ0) is 12.8. The monoisotopic (exact) mass is 241 g/mol. The topological polar surface area (TPSA) is 47.8 Å². The summed E-state index contributed by atoms with van der Waals surface area (Å²) in [5.74, 6) is 1.02. The van der Waals surface area contributed by atoms with E-state index in [0.29, 0.717) is 6.42 Å². The Bertz CT molecular complexity index is 600. The number of fused-ring (bicyclic) bond motifs is 1. The molecule has 92 valence electrons. The molecule has 0 amide bonds. The molecule has 0 spiro atoms. The van der Waals surface area contributed by atoms with Crippen LogP contribution in [0.5, 0.6) is 0 Å². The van der Waals surface area contributed by atoms with Gasteiger partial charge in [-0.25, -0.2) is 9.97 Å². The van der Waals surface area contributed by atoms with Crippen LogP contribution in [0.25, 0.3) is 5.82 Å². The molecule has 1 aliphatic carbocycles. The molecule has 0 atom stereocenters. The van der Waals surface area contributed by atoms with Crippen LogP contribution >= 0.6 is 0 Å². The highest BCUT2D eigenvalue weighted by Crippen LogP contribution is 2.33. The number of hydrogen-bond acceptors (Lipinski definition) is 3. The maximum atomic E-state index is 12.0. The minimum atomic E-state index is 0.00461. The normalized spacial score (nSPS) is 17.6. The van der Waals surface area contributed by atoms with E-state index in [1.54, 1.807) is 12.5 Å². The molecule has 0 saturated carbocycles. The minimum Gasteiger partial charge on any atom is -0.294 e. The first-order valence-corrected chi connectivity index (χ1v) is 6.07. The molecule has 0 saturated heterocycles. The number of Topliss-reactive ketones (excluding diaryl/α,β-unsaturated/α-hetero) is 1. The van der Waals surface area contributed by atoms with Crippen molar-refractivity contribution in [2.24, 2.45) is 5.41 Å². The molecule has 4 nitrogen and oxygen atoms in total. The van der Waals surface area contributed by atoms with Crippen LogP contribution in [0, 0.1) is 5.41 Å². The molecule has 2 aromatic rings. The van der Waals surface area contributed by atoms with Gasteiger partial charge < -0.3 is 0 Å². The fourth-order valence-corrected chi connectivity index (χ4v) is 2.46. The van der Waals surface area contributed by atoms with Gasteiger partial charge in [-0.3, -0.25) is 9.36 Å². The Morgan fingerprint density at radius 3 is 2.83 bits per heavy atom. The van der Waals surface area contributed by atoms with E-state index in [2.05, 4.69) is 23.8 Å². The third-order valence-electron chi connectivity index (χ3n) is 3.31. The second-order valence-electron chi connectivity index (χ2n) is 5.57. The lowest BCUT2D eigenvalue weighted by molar-refractivity contribution is 0.0910. The van der Waals surface area contributed by atoms with Gasteiger partial charge in [-0.05, 0) is 24.0 Å². The molecular formula is C14H15N3O. The molecular weight excluding hydrogens is 226 g/mol. The standard InChI is InChI=1S/C14H15N3O/c1-14(2)7-11-10(12(18)8-14)3-4-13(16-11)17-6-5-15-9-17/h3-6,9H,7-8H2,1-2H3. The third-order valence-corrected chi connectivity index (χ3v) is 3.31. The SMILES string of the molecule is CC1(C)CC(=O)c2ccc(-n3ccnc3)nc2C1. The molecule has 2 heterocycles. The highest BCUT2D eigenvalue weighted by Gasteiger charge is 2.31. The van der Waals surface area contributed by atoms with Crippen LogP contribution in [-0.4, -0.2) is 20.3 Å². The van der Waals surface area contributed by atoms with Gasteiger partial charge in [0.05, 0.1) is 5.69 Å². The van der Waals surface area contributed by atoms with Crippen LogP contribution in [0.2, 0.25) is 0 Å². The Labute approximate surface area is 106 Å². The quantitative estimate of drug-likeness (QED) is 0.770. The smallest absolute Gasteiger partial charge is 0.165 e. The summed E-state index contributed by atoms with van der Waals surface area (Å²) in [5.41, 5.74) is 1.69. The molecule has 0 aliphatic heterocycles. The Kier molecular flexibility index (Phi) is 2.33. The lowest BCUT2D eigenvalue weighted by atomic mass is 9.76. The van der Waals surface area contributed by atoms with E-state index >= 15 is 0 Å². The first kappa shape index (κ1) is 11.1. The summed E-state index contributed by atoms with van der Waals surface area (Å²) in [6.45, 7) is 4.22. The summed E-state index contributed by atoms with van der Waals surface area (Å²) in [7, 11) is 0. The fourth-order valence-electron chi connectivity index (χ4n) is 2.46. The van der Waals surface area contributed by atoms with Crippen LogP contribution in [-0.2, 0) is 6.42 Å². The Balaban J connectivity index is 2.08. The summed E-state index contributed by atoms with van der Waals surface area (Å²) < 4.78 is 1.85. The summed E-state index contributed by atoms with van der Waals surface area (Å²) in [5, 5.41) is 0. The molecule has 18 heavy (non-hydrogen) atoms. The van der Waals surface area contributed by atoms with Gasteiger partial charge in [0, 0.05) is 24.4 Å².